The molecule has 0 aliphatic carbocycles. The average molecular weight is 272 g/mol. The molecule has 0 radical (unpaired) electrons. The standard InChI is InChI=1S/C16H20N2O2/c1-3-19-9-4-10-20-15-7-5-14(6-8-15)16-12-17-13(2)11-18-16/h5-8,11-12H,3-4,9-10H2,1-2H3. The molecule has 1 aromatic carbocycles. The lowest BCUT2D eigenvalue weighted by molar-refractivity contribution is 0.131. The van der Waals surface area contributed by atoms with Crippen LogP contribution in [0, 0.1) is 6.92 Å². The smallest absolute Gasteiger partial charge is 0.119 e. The van der Waals surface area contributed by atoms with Crippen LogP contribution in [0.1, 0.15) is 19.0 Å². The van der Waals surface area contributed by atoms with Crippen molar-refractivity contribution in [2.24, 2.45) is 0 Å². The zero-order valence-electron chi connectivity index (χ0n) is 12.0. The van der Waals surface area contributed by atoms with Gasteiger partial charge in [0.1, 0.15) is 5.75 Å². The Morgan fingerprint density at radius 1 is 1.00 bits per heavy atom. The highest BCUT2D eigenvalue weighted by atomic mass is 16.5. The van der Waals surface area contributed by atoms with E-state index in [4.69, 9.17) is 9.47 Å². The van der Waals surface area contributed by atoms with Gasteiger partial charge in [-0.3, -0.25) is 9.97 Å². The fourth-order valence-corrected chi connectivity index (χ4v) is 1.76. The van der Waals surface area contributed by atoms with Gasteiger partial charge in [-0.15, -0.1) is 0 Å². The fraction of sp³-hybridized carbons (Fsp3) is 0.375. The summed E-state index contributed by atoms with van der Waals surface area (Å²) >= 11 is 0. The van der Waals surface area contributed by atoms with Crippen LogP contribution in [0.3, 0.4) is 0 Å². The molecule has 0 aliphatic heterocycles. The molecule has 1 heterocycles. The number of benzene rings is 1. The highest BCUT2D eigenvalue weighted by Gasteiger charge is 2.00. The normalized spacial score (nSPS) is 10.5. The van der Waals surface area contributed by atoms with Crippen LogP contribution in [0.5, 0.6) is 5.75 Å². The van der Waals surface area contributed by atoms with Crippen LogP contribution in [-0.4, -0.2) is 29.8 Å². The van der Waals surface area contributed by atoms with Crippen molar-refractivity contribution in [3.8, 4) is 17.0 Å². The van der Waals surface area contributed by atoms with Crippen LogP contribution in [-0.2, 0) is 4.74 Å². The molecule has 2 rings (SSSR count). The van der Waals surface area contributed by atoms with E-state index in [-0.39, 0.29) is 0 Å². The molecule has 0 amide bonds. The average Bonchev–Trinajstić information content (AvgIpc) is 2.49. The maximum atomic E-state index is 5.65. The van der Waals surface area contributed by atoms with E-state index in [0.29, 0.717) is 6.61 Å². The molecule has 0 fully saturated rings. The summed E-state index contributed by atoms with van der Waals surface area (Å²) in [5.41, 5.74) is 2.83. The lowest BCUT2D eigenvalue weighted by Crippen LogP contribution is -2.02. The topological polar surface area (TPSA) is 44.2 Å². The molecule has 4 heteroatoms. The van der Waals surface area contributed by atoms with E-state index in [0.717, 1.165) is 42.3 Å². The number of aromatic nitrogens is 2. The van der Waals surface area contributed by atoms with Crippen molar-refractivity contribution in [3.05, 3.63) is 42.4 Å². The van der Waals surface area contributed by atoms with E-state index in [2.05, 4.69) is 9.97 Å². The molecule has 1 aromatic heterocycles. The Bertz CT molecular complexity index is 509. The summed E-state index contributed by atoms with van der Waals surface area (Å²) in [5.74, 6) is 0.866. The summed E-state index contributed by atoms with van der Waals surface area (Å²) in [6, 6.07) is 7.91. The summed E-state index contributed by atoms with van der Waals surface area (Å²) < 4.78 is 10.9. The number of nitrogens with zero attached hydrogens (tertiary/aromatic N) is 2. The minimum absolute atomic E-state index is 0.670. The predicted molar refractivity (Wildman–Crippen MR) is 78.8 cm³/mol. The van der Waals surface area contributed by atoms with E-state index in [1.807, 2.05) is 38.1 Å². The highest BCUT2D eigenvalue weighted by molar-refractivity contribution is 5.58. The van der Waals surface area contributed by atoms with Gasteiger partial charge in [0, 0.05) is 31.4 Å². The molecule has 2 aromatic rings. The minimum Gasteiger partial charge on any atom is -0.494 e. The second kappa shape index (κ2) is 7.60. The summed E-state index contributed by atoms with van der Waals surface area (Å²) in [7, 11) is 0. The monoisotopic (exact) mass is 272 g/mol. The van der Waals surface area contributed by atoms with Gasteiger partial charge in [-0.05, 0) is 38.1 Å². The molecular weight excluding hydrogens is 252 g/mol. The Balaban J connectivity index is 1.88. The molecule has 0 N–H and O–H groups in total. The third kappa shape index (κ3) is 4.31. The van der Waals surface area contributed by atoms with Gasteiger partial charge in [0.15, 0.2) is 0 Å². The van der Waals surface area contributed by atoms with E-state index >= 15 is 0 Å². The van der Waals surface area contributed by atoms with Crippen molar-refractivity contribution in [2.75, 3.05) is 19.8 Å². The van der Waals surface area contributed by atoms with Gasteiger partial charge in [-0.2, -0.15) is 0 Å². The molecule has 0 saturated carbocycles. The maximum Gasteiger partial charge on any atom is 0.119 e. The van der Waals surface area contributed by atoms with Crippen molar-refractivity contribution in [3.63, 3.8) is 0 Å². The van der Waals surface area contributed by atoms with Crippen LogP contribution in [0.15, 0.2) is 36.7 Å². The molecule has 0 aliphatic rings. The molecule has 0 atom stereocenters. The molecule has 4 nitrogen and oxygen atoms in total. The van der Waals surface area contributed by atoms with Crippen LogP contribution in [0.4, 0.5) is 0 Å². The quantitative estimate of drug-likeness (QED) is 0.726. The Morgan fingerprint density at radius 3 is 2.45 bits per heavy atom. The van der Waals surface area contributed by atoms with Crippen molar-refractivity contribution < 1.29 is 9.47 Å². The third-order valence-corrected chi connectivity index (χ3v) is 2.84. The number of rotatable bonds is 7. The van der Waals surface area contributed by atoms with Gasteiger partial charge in [-0.1, -0.05) is 0 Å². The fourth-order valence-electron chi connectivity index (χ4n) is 1.76. The Morgan fingerprint density at radius 2 is 1.80 bits per heavy atom. The highest BCUT2D eigenvalue weighted by Crippen LogP contribution is 2.20. The van der Waals surface area contributed by atoms with Crippen molar-refractivity contribution in [1.82, 2.24) is 9.97 Å². The minimum atomic E-state index is 0.670. The van der Waals surface area contributed by atoms with Crippen molar-refractivity contribution >= 4 is 0 Å². The number of hydrogen-bond donors (Lipinski definition) is 0. The maximum absolute atomic E-state index is 5.65. The molecule has 0 bridgehead atoms. The molecule has 0 spiro atoms. The number of ether oxygens (including phenoxy) is 2. The molecule has 0 unspecified atom stereocenters. The predicted octanol–water partition coefficient (Wildman–Crippen LogP) is 3.26. The molecule has 20 heavy (non-hydrogen) atoms. The first kappa shape index (κ1) is 14.5. The van der Waals surface area contributed by atoms with Crippen LogP contribution >= 0.6 is 0 Å². The first-order chi connectivity index (χ1) is 9.79. The second-order valence-corrected chi connectivity index (χ2v) is 4.47. The largest absolute Gasteiger partial charge is 0.494 e. The molecule has 106 valence electrons. The number of hydrogen-bond acceptors (Lipinski definition) is 4. The first-order valence-corrected chi connectivity index (χ1v) is 6.89. The van der Waals surface area contributed by atoms with E-state index in [9.17, 15) is 0 Å². The van der Waals surface area contributed by atoms with Gasteiger partial charge in [0.2, 0.25) is 0 Å². The lowest BCUT2D eigenvalue weighted by Gasteiger charge is -2.07. The zero-order chi connectivity index (χ0) is 14.2. The van der Waals surface area contributed by atoms with E-state index < -0.39 is 0 Å². The Kier molecular flexibility index (Phi) is 5.50. The van der Waals surface area contributed by atoms with Crippen molar-refractivity contribution in [1.29, 1.82) is 0 Å². The molecular formula is C16H20N2O2. The van der Waals surface area contributed by atoms with Gasteiger partial charge < -0.3 is 9.47 Å². The second-order valence-electron chi connectivity index (χ2n) is 4.47. The third-order valence-electron chi connectivity index (χ3n) is 2.84. The summed E-state index contributed by atoms with van der Waals surface area (Å²) in [6.07, 6.45) is 4.46. The van der Waals surface area contributed by atoms with Crippen LogP contribution in [0.2, 0.25) is 0 Å². The lowest BCUT2D eigenvalue weighted by atomic mass is 10.1. The summed E-state index contributed by atoms with van der Waals surface area (Å²) in [4.78, 5) is 8.60. The first-order valence-electron chi connectivity index (χ1n) is 6.89. The number of aryl methyl sites for hydroxylation is 1. The molecule has 0 saturated heterocycles. The van der Waals surface area contributed by atoms with Gasteiger partial charge in [0.25, 0.3) is 0 Å². The van der Waals surface area contributed by atoms with Crippen molar-refractivity contribution in [2.45, 2.75) is 20.3 Å². The van der Waals surface area contributed by atoms with Gasteiger partial charge in [-0.25, -0.2) is 0 Å². The van der Waals surface area contributed by atoms with Gasteiger partial charge >= 0.3 is 0 Å². The summed E-state index contributed by atoms with van der Waals surface area (Å²) in [6.45, 7) is 6.09. The SMILES string of the molecule is CCOCCCOc1ccc(-c2cnc(C)cn2)cc1. The summed E-state index contributed by atoms with van der Waals surface area (Å²) in [5, 5.41) is 0. The Labute approximate surface area is 119 Å². The Hall–Kier alpha value is -1.94. The van der Waals surface area contributed by atoms with Crippen LogP contribution in [0.25, 0.3) is 11.3 Å². The zero-order valence-corrected chi connectivity index (χ0v) is 12.0. The van der Waals surface area contributed by atoms with Gasteiger partial charge in [0.05, 0.1) is 24.2 Å². The van der Waals surface area contributed by atoms with Crippen LogP contribution < -0.4 is 4.74 Å². The van der Waals surface area contributed by atoms with E-state index in [1.165, 1.54) is 0 Å². The van der Waals surface area contributed by atoms with E-state index in [1.54, 1.807) is 12.4 Å².